The summed E-state index contributed by atoms with van der Waals surface area (Å²) >= 11 is 6.04. The van der Waals surface area contributed by atoms with E-state index in [2.05, 4.69) is 5.32 Å². The summed E-state index contributed by atoms with van der Waals surface area (Å²) in [6, 6.07) is 5.55. The normalized spacial score (nSPS) is 23.4. The molecule has 2 heterocycles. The fraction of sp³-hybridized carbons (Fsp3) is 0.364. The number of benzene rings is 1. The summed E-state index contributed by atoms with van der Waals surface area (Å²) in [5.41, 5.74) is 0.787. The Kier molecular flexibility index (Phi) is 2.26. The van der Waals surface area contributed by atoms with Gasteiger partial charge in [-0.1, -0.05) is 17.7 Å². The highest BCUT2D eigenvalue weighted by Crippen LogP contribution is 2.39. The Bertz CT molecular complexity index is 450. The second kappa shape index (κ2) is 3.64. The Morgan fingerprint density at radius 3 is 3.25 bits per heavy atom. The summed E-state index contributed by atoms with van der Waals surface area (Å²) < 4.78 is 5.61. The van der Waals surface area contributed by atoms with Gasteiger partial charge in [0.25, 0.3) is 0 Å². The number of rotatable bonds is 0. The largest absolute Gasteiger partial charge is 0.488 e. The summed E-state index contributed by atoms with van der Waals surface area (Å²) in [7, 11) is 0. The highest BCUT2D eigenvalue weighted by atomic mass is 35.5. The summed E-state index contributed by atoms with van der Waals surface area (Å²) in [5.74, 6) is 0.693. The van der Waals surface area contributed by atoms with Crippen molar-refractivity contribution in [2.45, 2.75) is 6.04 Å². The van der Waals surface area contributed by atoms with Crippen molar-refractivity contribution in [3.8, 4) is 5.75 Å². The van der Waals surface area contributed by atoms with Crippen LogP contribution in [0.15, 0.2) is 18.2 Å². The van der Waals surface area contributed by atoms with Crippen LogP contribution in [0.2, 0.25) is 5.02 Å². The van der Waals surface area contributed by atoms with Gasteiger partial charge in [-0.3, -0.25) is 9.69 Å². The fourth-order valence-electron chi connectivity index (χ4n) is 2.20. The lowest BCUT2D eigenvalue weighted by atomic mass is 10.1. The molecule has 0 aliphatic carbocycles. The predicted octanol–water partition coefficient (Wildman–Crippen LogP) is 1.04. The van der Waals surface area contributed by atoms with Crippen LogP contribution in [-0.4, -0.2) is 31.6 Å². The molecule has 5 heteroatoms. The van der Waals surface area contributed by atoms with Crippen molar-refractivity contribution in [2.24, 2.45) is 0 Å². The Hall–Kier alpha value is -1.26. The summed E-state index contributed by atoms with van der Waals surface area (Å²) in [5, 5.41) is 3.63. The zero-order valence-electron chi connectivity index (χ0n) is 8.57. The molecule has 1 fully saturated rings. The number of carbonyl (C=O) groups excluding carboxylic acids is 1. The number of amides is 1. The van der Waals surface area contributed by atoms with Crippen molar-refractivity contribution in [1.29, 1.82) is 0 Å². The van der Waals surface area contributed by atoms with Crippen LogP contribution in [0.3, 0.4) is 0 Å². The minimum Gasteiger partial charge on any atom is -0.488 e. The SMILES string of the molecule is O=C1CNCC2COc3c(Cl)cccc3N12. The second-order valence-corrected chi connectivity index (χ2v) is 4.35. The monoisotopic (exact) mass is 238 g/mol. The van der Waals surface area contributed by atoms with Gasteiger partial charge in [0.15, 0.2) is 5.75 Å². The molecular weight excluding hydrogens is 228 g/mol. The maximum Gasteiger partial charge on any atom is 0.241 e. The van der Waals surface area contributed by atoms with Gasteiger partial charge in [-0.15, -0.1) is 0 Å². The van der Waals surface area contributed by atoms with Crippen LogP contribution in [0.1, 0.15) is 0 Å². The van der Waals surface area contributed by atoms with E-state index in [1.807, 2.05) is 12.1 Å². The molecule has 84 valence electrons. The minimum absolute atomic E-state index is 0.0723. The van der Waals surface area contributed by atoms with E-state index in [1.54, 1.807) is 11.0 Å². The summed E-state index contributed by atoms with van der Waals surface area (Å²) in [4.78, 5) is 13.7. The molecule has 1 N–H and O–H groups in total. The molecule has 0 bridgehead atoms. The Morgan fingerprint density at radius 1 is 1.50 bits per heavy atom. The van der Waals surface area contributed by atoms with Crippen molar-refractivity contribution in [3.63, 3.8) is 0 Å². The first-order valence-electron chi connectivity index (χ1n) is 5.21. The summed E-state index contributed by atoms with van der Waals surface area (Å²) in [6.07, 6.45) is 0. The number of anilines is 1. The number of para-hydroxylation sites is 1. The maximum atomic E-state index is 11.9. The third-order valence-corrected chi connectivity index (χ3v) is 3.21. The highest BCUT2D eigenvalue weighted by Gasteiger charge is 2.35. The molecule has 2 aliphatic rings. The Morgan fingerprint density at radius 2 is 2.38 bits per heavy atom. The number of halogens is 1. The van der Waals surface area contributed by atoms with Crippen LogP contribution < -0.4 is 15.0 Å². The summed E-state index contributed by atoms with van der Waals surface area (Å²) in [6.45, 7) is 1.63. The van der Waals surface area contributed by atoms with Crippen LogP contribution in [0.25, 0.3) is 0 Å². The van der Waals surface area contributed by atoms with Crippen LogP contribution in [0.5, 0.6) is 5.75 Å². The topological polar surface area (TPSA) is 41.6 Å². The predicted molar refractivity (Wildman–Crippen MR) is 61.1 cm³/mol. The van der Waals surface area contributed by atoms with Gasteiger partial charge in [0.05, 0.1) is 23.3 Å². The van der Waals surface area contributed by atoms with Crippen molar-refractivity contribution in [1.82, 2.24) is 5.32 Å². The lowest BCUT2D eigenvalue weighted by Gasteiger charge is -2.40. The standard InChI is InChI=1S/C11H11ClN2O2/c12-8-2-1-3-9-11(8)16-6-7-4-13-5-10(15)14(7)9/h1-3,7,13H,4-6H2. The van der Waals surface area contributed by atoms with Crippen molar-refractivity contribution in [3.05, 3.63) is 23.2 Å². The lowest BCUT2D eigenvalue weighted by molar-refractivity contribution is -0.119. The van der Waals surface area contributed by atoms with Crippen LogP contribution in [0, 0.1) is 0 Å². The van der Waals surface area contributed by atoms with Crippen molar-refractivity contribution in [2.75, 3.05) is 24.6 Å². The quantitative estimate of drug-likeness (QED) is 0.734. The maximum absolute atomic E-state index is 11.9. The van der Waals surface area contributed by atoms with Crippen molar-refractivity contribution >= 4 is 23.2 Å². The van der Waals surface area contributed by atoms with Gasteiger partial charge < -0.3 is 10.1 Å². The number of hydrogen-bond donors (Lipinski definition) is 1. The molecule has 16 heavy (non-hydrogen) atoms. The Labute approximate surface area is 98.1 Å². The Balaban J connectivity index is 2.09. The minimum atomic E-state index is 0.0723. The second-order valence-electron chi connectivity index (χ2n) is 3.95. The molecule has 1 saturated heterocycles. The van der Waals surface area contributed by atoms with Crippen LogP contribution >= 0.6 is 11.6 Å². The molecule has 1 atom stereocenters. The van der Waals surface area contributed by atoms with Crippen molar-refractivity contribution < 1.29 is 9.53 Å². The number of hydrogen-bond acceptors (Lipinski definition) is 3. The third kappa shape index (κ3) is 1.37. The van der Waals surface area contributed by atoms with E-state index in [0.29, 0.717) is 23.9 Å². The zero-order chi connectivity index (χ0) is 11.1. The van der Waals surface area contributed by atoms with E-state index in [4.69, 9.17) is 16.3 Å². The molecular formula is C11H11ClN2O2. The number of piperazine rings is 1. The van der Waals surface area contributed by atoms with Gasteiger partial charge in [0.1, 0.15) is 6.61 Å². The van der Waals surface area contributed by atoms with Crippen LogP contribution in [-0.2, 0) is 4.79 Å². The first-order valence-corrected chi connectivity index (χ1v) is 5.59. The van der Waals surface area contributed by atoms with E-state index in [0.717, 1.165) is 12.2 Å². The smallest absolute Gasteiger partial charge is 0.241 e. The molecule has 0 aromatic heterocycles. The van der Waals surface area contributed by atoms with Gasteiger partial charge in [0.2, 0.25) is 5.91 Å². The van der Waals surface area contributed by atoms with Gasteiger partial charge in [-0.05, 0) is 12.1 Å². The number of ether oxygens (including phenoxy) is 1. The molecule has 0 radical (unpaired) electrons. The first-order chi connectivity index (χ1) is 7.77. The van der Waals surface area contributed by atoms with E-state index in [-0.39, 0.29) is 11.9 Å². The molecule has 2 aliphatic heterocycles. The number of fused-ring (bicyclic) bond motifs is 3. The molecule has 1 unspecified atom stereocenters. The van der Waals surface area contributed by atoms with E-state index in [9.17, 15) is 4.79 Å². The highest BCUT2D eigenvalue weighted by molar-refractivity contribution is 6.32. The van der Waals surface area contributed by atoms with Gasteiger partial charge in [-0.2, -0.15) is 0 Å². The molecule has 1 aromatic carbocycles. The van der Waals surface area contributed by atoms with Gasteiger partial charge >= 0.3 is 0 Å². The van der Waals surface area contributed by atoms with E-state index < -0.39 is 0 Å². The third-order valence-electron chi connectivity index (χ3n) is 2.92. The average Bonchev–Trinajstić information content (AvgIpc) is 2.29. The molecule has 1 aromatic rings. The molecule has 3 rings (SSSR count). The number of nitrogens with zero attached hydrogens (tertiary/aromatic N) is 1. The van der Waals surface area contributed by atoms with Crippen LogP contribution in [0.4, 0.5) is 5.69 Å². The van der Waals surface area contributed by atoms with E-state index in [1.165, 1.54) is 0 Å². The van der Waals surface area contributed by atoms with Gasteiger partial charge in [0, 0.05) is 6.54 Å². The molecule has 1 amide bonds. The number of nitrogens with one attached hydrogen (secondary N) is 1. The number of carbonyl (C=O) groups is 1. The first kappa shape index (κ1) is 9.93. The molecule has 4 nitrogen and oxygen atoms in total. The lowest BCUT2D eigenvalue weighted by Crippen LogP contribution is -2.59. The van der Waals surface area contributed by atoms with Gasteiger partial charge in [-0.25, -0.2) is 0 Å². The fourth-order valence-corrected chi connectivity index (χ4v) is 2.42. The average molecular weight is 239 g/mol. The zero-order valence-corrected chi connectivity index (χ0v) is 9.33. The molecule has 0 spiro atoms. The van der Waals surface area contributed by atoms with E-state index >= 15 is 0 Å². The molecule has 0 saturated carbocycles.